The number of benzene rings is 1. The third kappa shape index (κ3) is 2.47. The maximum atomic E-state index is 13.0. The minimum absolute atomic E-state index is 0.0254. The molecule has 20 heavy (non-hydrogen) atoms. The lowest BCUT2D eigenvalue weighted by Gasteiger charge is -2.31. The summed E-state index contributed by atoms with van der Waals surface area (Å²) in [6, 6.07) is 11.1. The van der Waals surface area contributed by atoms with E-state index < -0.39 is 0 Å². The molecule has 2 aliphatic heterocycles. The number of hydrogen-bond acceptors (Lipinski definition) is 2. The van der Waals surface area contributed by atoms with Crippen molar-refractivity contribution in [3.8, 4) is 0 Å². The summed E-state index contributed by atoms with van der Waals surface area (Å²) in [6.07, 6.45) is 4.33. The fraction of sp³-hybridized carbons (Fsp3) is 0.588. The Kier molecular flexibility index (Phi) is 4.06. The summed E-state index contributed by atoms with van der Waals surface area (Å²) in [5.41, 5.74) is 1.16. The molecule has 3 atom stereocenters. The summed E-state index contributed by atoms with van der Waals surface area (Å²) in [7, 11) is 0. The zero-order chi connectivity index (χ0) is 13.9. The van der Waals surface area contributed by atoms with E-state index in [-0.39, 0.29) is 5.92 Å². The minimum Gasteiger partial charge on any atom is -0.335 e. The second-order valence-corrected chi connectivity index (χ2v) is 5.99. The quantitative estimate of drug-likeness (QED) is 0.917. The molecule has 0 radical (unpaired) electrons. The molecule has 108 valence electrons. The van der Waals surface area contributed by atoms with Crippen LogP contribution in [-0.4, -0.2) is 36.0 Å². The molecule has 1 aromatic carbocycles. The van der Waals surface area contributed by atoms with Crippen LogP contribution in [0.5, 0.6) is 0 Å². The van der Waals surface area contributed by atoms with Crippen LogP contribution in [0.3, 0.4) is 0 Å². The van der Waals surface area contributed by atoms with E-state index in [9.17, 15) is 4.79 Å². The zero-order valence-electron chi connectivity index (χ0n) is 12.2. The van der Waals surface area contributed by atoms with Crippen molar-refractivity contribution in [1.29, 1.82) is 0 Å². The number of nitrogens with one attached hydrogen (secondary N) is 1. The molecule has 3 heteroatoms. The molecule has 1 N–H and O–H groups in total. The molecular formula is C17H24N2O. The highest BCUT2D eigenvalue weighted by Gasteiger charge is 2.40. The maximum Gasteiger partial charge on any atom is 0.230 e. The first-order valence-corrected chi connectivity index (χ1v) is 7.89. The average Bonchev–Trinajstić information content (AvgIpc) is 2.74. The van der Waals surface area contributed by atoms with Crippen LogP contribution in [0.2, 0.25) is 0 Å². The largest absolute Gasteiger partial charge is 0.335 e. The van der Waals surface area contributed by atoms with Crippen LogP contribution in [0, 0.1) is 0 Å². The predicted octanol–water partition coefficient (Wildman–Crippen LogP) is 2.53. The van der Waals surface area contributed by atoms with Crippen LogP contribution in [0.1, 0.15) is 44.1 Å². The van der Waals surface area contributed by atoms with Gasteiger partial charge in [0, 0.05) is 18.6 Å². The van der Waals surface area contributed by atoms with Crippen LogP contribution in [0.25, 0.3) is 0 Å². The minimum atomic E-state index is 0.0254. The standard InChI is InChI=1S/C17H24N2O/c1-2-16(13-6-4-3-5-7-13)17(20)19-14-8-9-15(19)12-18-11-10-14/h3-7,14-16,18H,2,8-12H2,1H3. The van der Waals surface area contributed by atoms with Gasteiger partial charge in [-0.15, -0.1) is 0 Å². The van der Waals surface area contributed by atoms with E-state index in [1.54, 1.807) is 0 Å². The third-order valence-corrected chi connectivity index (χ3v) is 4.82. The summed E-state index contributed by atoms with van der Waals surface area (Å²) < 4.78 is 0. The molecule has 0 aliphatic carbocycles. The van der Waals surface area contributed by atoms with Crippen molar-refractivity contribution in [2.24, 2.45) is 0 Å². The molecule has 2 bridgehead atoms. The summed E-state index contributed by atoms with van der Waals surface area (Å²) in [5.74, 6) is 0.368. The molecule has 2 heterocycles. The predicted molar refractivity (Wildman–Crippen MR) is 80.6 cm³/mol. The van der Waals surface area contributed by atoms with E-state index in [2.05, 4.69) is 29.3 Å². The maximum absolute atomic E-state index is 13.0. The number of rotatable bonds is 3. The second-order valence-electron chi connectivity index (χ2n) is 5.99. The Morgan fingerprint density at radius 2 is 2.00 bits per heavy atom. The molecule has 0 aromatic heterocycles. The summed E-state index contributed by atoms with van der Waals surface area (Å²) >= 11 is 0. The Balaban J connectivity index is 1.83. The van der Waals surface area contributed by atoms with Crippen molar-refractivity contribution in [3.05, 3.63) is 35.9 Å². The molecule has 3 unspecified atom stereocenters. The van der Waals surface area contributed by atoms with Gasteiger partial charge in [0.15, 0.2) is 0 Å². The molecule has 0 spiro atoms. The fourth-order valence-corrected chi connectivity index (χ4v) is 3.76. The fourth-order valence-electron chi connectivity index (χ4n) is 3.76. The number of nitrogens with zero attached hydrogens (tertiary/aromatic N) is 1. The van der Waals surface area contributed by atoms with Gasteiger partial charge in [-0.25, -0.2) is 0 Å². The van der Waals surface area contributed by atoms with Gasteiger partial charge in [0.25, 0.3) is 0 Å². The lowest BCUT2D eigenvalue weighted by atomic mass is 9.94. The second kappa shape index (κ2) is 5.96. The van der Waals surface area contributed by atoms with Gasteiger partial charge >= 0.3 is 0 Å². The summed E-state index contributed by atoms with van der Waals surface area (Å²) in [6.45, 7) is 4.13. The van der Waals surface area contributed by atoms with E-state index in [1.807, 2.05) is 18.2 Å². The van der Waals surface area contributed by atoms with Gasteiger partial charge in [0.2, 0.25) is 5.91 Å². The van der Waals surface area contributed by atoms with Crippen molar-refractivity contribution in [2.45, 2.75) is 50.6 Å². The Bertz CT molecular complexity index is 445. The Morgan fingerprint density at radius 1 is 1.25 bits per heavy atom. The third-order valence-electron chi connectivity index (χ3n) is 4.82. The summed E-state index contributed by atoms with van der Waals surface area (Å²) in [4.78, 5) is 15.3. The number of hydrogen-bond donors (Lipinski definition) is 1. The molecule has 1 aromatic rings. The zero-order valence-corrected chi connectivity index (χ0v) is 12.2. The lowest BCUT2D eigenvalue weighted by Crippen LogP contribution is -2.44. The normalized spacial score (nSPS) is 27.1. The topological polar surface area (TPSA) is 32.3 Å². The molecule has 0 saturated carbocycles. The summed E-state index contributed by atoms with van der Waals surface area (Å²) in [5, 5.41) is 3.47. The highest BCUT2D eigenvalue weighted by molar-refractivity contribution is 5.84. The Morgan fingerprint density at radius 3 is 2.75 bits per heavy atom. The monoisotopic (exact) mass is 272 g/mol. The van der Waals surface area contributed by atoms with Gasteiger partial charge in [-0.2, -0.15) is 0 Å². The van der Waals surface area contributed by atoms with Crippen molar-refractivity contribution >= 4 is 5.91 Å². The van der Waals surface area contributed by atoms with E-state index in [0.717, 1.165) is 37.9 Å². The van der Waals surface area contributed by atoms with E-state index in [0.29, 0.717) is 18.0 Å². The van der Waals surface area contributed by atoms with E-state index >= 15 is 0 Å². The van der Waals surface area contributed by atoms with Crippen LogP contribution in [-0.2, 0) is 4.79 Å². The molecule has 2 aliphatic rings. The van der Waals surface area contributed by atoms with Crippen molar-refractivity contribution in [3.63, 3.8) is 0 Å². The van der Waals surface area contributed by atoms with Crippen LogP contribution >= 0.6 is 0 Å². The van der Waals surface area contributed by atoms with Gasteiger partial charge in [0.05, 0.1) is 5.92 Å². The van der Waals surface area contributed by atoms with Crippen molar-refractivity contribution in [1.82, 2.24) is 10.2 Å². The SMILES string of the molecule is CCC(C(=O)N1C2CCNCC1CC2)c1ccccc1. The lowest BCUT2D eigenvalue weighted by molar-refractivity contribution is -0.135. The Hall–Kier alpha value is -1.35. The number of fused-ring (bicyclic) bond motifs is 2. The number of carbonyl (C=O) groups excluding carboxylic acids is 1. The van der Waals surface area contributed by atoms with Gasteiger partial charge in [0.1, 0.15) is 0 Å². The smallest absolute Gasteiger partial charge is 0.230 e. The van der Waals surface area contributed by atoms with Crippen molar-refractivity contribution in [2.75, 3.05) is 13.1 Å². The van der Waals surface area contributed by atoms with E-state index in [4.69, 9.17) is 0 Å². The first-order valence-electron chi connectivity index (χ1n) is 7.89. The number of carbonyl (C=O) groups is 1. The van der Waals surface area contributed by atoms with Crippen LogP contribution < -0.4 is 5.32 Å². The average molecular weight is 272 g/mol. The molecule has 3 nitrogen and oxygen atoms in total. The highest BCUT2D eigenvalue weighted by Crippen LogP contribution is 2.32. The molecular weight excluding hydrogens is 248 g/mol. The van der Waals surface area contributed by atoms with Crippen molar-refractivity contribution < 1.29 is 4.79 Å². The first-order chi connectivity index (χ1) is 9.81. The van der Waals surface area contributed by atoms with Gasteiger partial charge in [-0.05, 0) is 37.8 Å². The van der Waals surface area contributed by atoms with Gasteiger partial charge < -0.3 is 10.2 Å². The van der Waals surface area contributed by atoms with E-state index in [1.165, 1.54) is 6.42 Å². The molecule has 1 amide bonds. The molecule has 2 fully saturated rings. The molecule has 3 rings (SSSR count). The Labute approximate surface area is 121 Å². The van der Waals surface area contributed by atoms with Crippen LogP contribution in [0.4, 0.5) is 0 Å². The van der Waals surface area contributed by atoms with Gasteiger partial charge in [-0.3, -0.25) is 4.79 Å². The first kappa shape index (κ1) is 13.6. The van der Waals surface area contributed by atoms with Crippen LogP contribution in [0.15, 0.2) is 30.3 Å². The molecule has 2 saturated heterocycles. The highest BCUT2D eigenvalue weighted by atomic mass is 16.2. The number of amides is 1. The van der Waals surface area contributed by atoms with Gasteiger partial charge in [-0.1, -0.05) is 37.3 Å².